The first-order valence-electron chi connectivity index (χ1n) is 11.3. The van der Waals surface area contributed by atoms with E-state index in [1.54, 1.807) is 24.6 Å². The van der Waals surface area contributed by atoms with Crippen LogP contribution in [0.5, 0.6) is 0 Å². The van der Waals surface area contributed by atoms with E-state index in [9.17, 15) is 13.2 Å². The molecule has 3 heterocycles. The van der Waals surface area contributed by atoms with Crippen LogP contribution in [0.15, 0.2) is 46.2 Å². The summed E-state index contributed by atoms with van der Waals surface area (Å²) >= 11 is 1.14. The maximum atomic E-state index is 13.0. The van der Waals surface area contributed by atoms with Gasteiger partial charge in [-0.15, -0.1) is 11.3 Å². The molecule has 1 aliphatic carbocycles. The van der Waals surface area contributed by atoms with Crippen LogP contribution in [0.3, 0.4) is 0 Å². The Hall–Kier alpha value is -3.09. The number of urea groups is 1. The van der Waals surface area contributed by atoms with Gasteiger partial charge in [0.05, 0.1) is 30.2 Å². The largest absolute Gasteiger partial charge is 0.377 e. The van der Waals surface area contributed by atoms with Gasteiger partial charge < -0.3 is 20.3 Å². The van der Waals surface area contributed by atoms with Gasteiger partial charge >= 0.3 is 6.03 Å². The molecule has 1 aromatic carbocycles. The van der Waals surface area contributed by atoms with Crippen LogP contribution in [0.4, 0.5) is 16.3 Å². The van der Waals surface area contributed by atoms with Crippen molar-refractivity contribution in [3.05, 3.63) is 47.6 Å². The molecule has 3 aromatic rings. The summed E-state index contributed by atoms with van der Waals surface area (Å²) in [5, 5.41) is 6.39. The summed E-state index contributed by atoms with van der Waals surface area (Å²) < 4.78 is 31.8. The molecule has 2 unspecified atom stereocenters. The Bertz CT molecular complexity index is 1310. The number of nitrogens with zero attached hydrogens (tertiary/aromatic N) is 4. The van der Waals surface area contributed by atoms with E-state index in [-0.39, 0.29) is 22.3 Å². The van der Waals surface area contributed by atoms with Crippen molar-refractivity contribution >= 4 is 38.7 Å². The van der Waals surface area contributed by atoms with Gasteiger partial charge in [0.25, 0.3) is 0 Å². The lowest BCUT2D eigenvalue weighted by Crippen LogP contribution is -2.44. The summed E-state index contributed by atoms with van der Waals surface area (Å²) in [7, 11) is -1.95. The SMILES string of the molecule is CNC(=O)Nc1ccc(-c2nc(C3CC3S(=O)(=O)c3nccs3)cc(N3CCOC[C@@H]3C)n2)cc1. The number of sulfone groups is 1. The highest BCUT2D eigenvalue weighted by atomic mass is 32.2. The molecule has 184 valence electrons. The van der Waals surface area contributed by atoms with Crippen molar-refractivity contribution in [2.24, 2.45) is 0 Å². The van der Waals surface area contributed by atoms with Crippen molar-refractivity contribution in [2.45, 2.75) is 34.9 Å². The van der Waals surface area contributed by atoms with E-state index in [1.807, 2.05) is 18.2 Å². The van der Waals surface area contributed by atoms with Crippen molar-refractivity contribution in [1.29, 1.82) is 0 Å². The van der Waals surface area contributed by atoms with Crippen molar-refractivity contribution in [3.63, 3.8) is 0 Å². The molecule has 1 saturated carbocycles. The fourth-order valence-electron chi connectivity index (χ4n) is 4.19. The first-order chi connectivity index (χ1) is 16.9. The molecule has 2 aromatic heterocycles. The molecule has 2 aliphatic rings. The van der Waals surface area contributed by atoms with Crippen LogP contribution >= 0.6 is 11.3 Å². The van der Waals surface area contributed by atoms with Crippen molar-refractivity contribution in [2.75, 3.05) is 37.0 Å². The zero-order valence-electron chi connectivity index (χ0n) is 19.3. The number of carbonyl (C=O) groups is 1. The number of morpholine rings is 1. The first kappa shape index (κ1) is 23.6. The maximum Gasteiger partial charge on any atom is 0.318 e. The van der Waals surface area contributed by atoms with Crippen LogP contribution in [0.25, 0.3) is 11.4 Å². The second kappa shape index (κ2) is 9.51. The molecule has 1 aliphatic heterocycles. The van der Waals surface area contributed by atoms with Crippen molar-refractivity contribution in [3.8, 4) is 11.4 Å². The van der Waals surface area contributed by atoms with Crippen molar-refractivity contribution < 1.29 is 17.9 Å². The molecule has 12 heteroatoms. The number of hydrogen-bond donors (Lipinski definition) is 2. The monoisotopic (exact) mass is 514 g/mol. The fraction of sp³-hybridized carbons (Fsp3) is 0.391. The third kappa shape index (κ3) is 4.86. The number of anilines is 2. The van der Waals surface area contributed by atoms with E-state index in [4.69, 9.17) is 14.7 Å². The Labute approximate surface area is 207 Å². The van der Waals surface area contributed by atoms with Crippen LogP contribution in [-0.4, -0.2) is 67.5 Å². The molecule has 1 saturated heterocycles. The van der Waals surface area contributed by atoms with E-state index in [2.05, 4.69) is 27.4 Å². The average Bonchev–Trinajstić information content (AvgIpc) is 3.49. The minimum Gasteiger partial charge on any atom is -0.377 e. The van der Waals surface area contributed by atoms with Crippen LogP contribution in [0.1, 0.15) is 25.0 Å². The molecule has 0 bridgehead atoms. The van der Waals surface area contributed by atoms with E-state index >= 15 is 0 Å². The lowest BCUT2D eigenvalue weighted by atomic mass is 10.1. The number of nitrogens with one attached hydrogen (secondary N) is 2. The van der Waals surface area contributed by atoms with Gasteiger partial charge in [-0.05, 0) is 37.6 Å². The van der Waals surface area contributed by atoms with Crippen LogP contribution in [0.2, 0.25) is 0 Å². The minimum atomic E-state index is -3.50. The van der Waals surface area contributed by atoms with Crippen LogP contribution in [0, 0.1) is 0 Å². The summed E-state index contributed by atoms with van der Waals surface area (Å²) in [5.41, 5.74) is 2.13. The molecular formula is C23H26N6O4S2. The minimum absolute atomic E-state index is 0.132. The molecule has 2 fully saturated rings. The van der Waals surface area contributed by atoms with Crippen LogP contribution in [-0.2, 0) is 14.6 Å². The maximum absolute atomic E-state index is 13.0. The highest BCUT2D eigenvalue weighted by Crippen LogP contribution is 2.48. The smallest absolute Gasteiger partial charge is 0.318 e. The number of benzene rings is 1. The Kier molecular flexibility index (Phi) is 6.43. The summed E-state index contributed by atoms with van der Waals surface area (Å²) in [6, 6.07) is 8.98. The third-order valence-corrected chi connectivity index (χ3v) is 9.65. The first-order valence-corrected chi connectivity index (χ1v) is 13.8. The molecular weight excluding hydrogens is 488 g/mol. The van der Waals surface area contributed by atoms with Gasteiger partial charge in [0, 0.05) is 48.4 Å². The lowest BCUT2D eigenvalue weighted by Gasteiger charge is -2.34. The molecule has 2 amide bonds. The molecule has 3 atom stereocenters. The predicted octanol–water partition coefficient (Wildman–Crippen LogP) is 2.91. The number of amides is 2. The highest BCUT2D eigenvalue weighted by molar-refractivity contribution is 7.94. The predicted molar refractivity (Wildman–Crippen MR) is 134 cm³/mol. The fourth-order valence-corrected chi connectivity index (χ4v) is 7.12. The Balaban J connectivity index is 1.49. The molecule has 0 radical (unpaired) electrons. The number of aromatic nitrogens is 3. The van der Waals surface area contributed by atoms with E-state index in [0.717, 1.165) is 22.7 Å². The average molecular weight is 515 g/mol. The standard InChI is InChI=1S/C23H26N6O4S2/c1-14-13-33-9-8-29(14)20-12-18(17-11-19(17)35(31,32)23-25-7-10-34-23)27-21(28-20)15-3-5-16(6-4-15)26-22(30)24-2/h3-7,10,12,14,17,19H,8-9,11,13H2,1-2H3,(H2,24,26,30)/t14-,17?,19?/m0/s1. The van der Waals surface area contributed by atoms with E-state index in [0.29, 0.717) is 43.4 Å². The summed E-state index contributed by atoms with van der Waals surface area (Å²) in [5.74, 6) is 1.06. The van der Waals surface area contributed by atoms with Crippen molar-refractivity contribution in [1.82, 2.24) is 20.3 Å². The number of thiazole rings is 1. The third-order valence-electron chi connectivity index (χ3n) is 6.19. The Morgan fingerprint density at radius 1 is 1.23 bits per heavy atom. The Morgan fingerprint density at radius 3 is 2.71 bits per heavy atom. The molecule has 2 N–H and O–H groups in total. The second-order valence-corrected chi connectivity index (χ2v) is 11.8. The number of hydrogen-bond acceptors (Lipinski definition) is 9. The number of carbonyl (C=O) groups excluding carboxylic acids is 1. The molecule has 10 nitrogen and oxygen atoms in total. The normalized spacial score (nSPS) is 22.0. The van der Waals surface area contributed by atoms with Gasteiger partial charge in [0.15, 0.2) is 5.82 Å². The second-order valence-electron chi connectivity index (χ2n) is 8.60. The number of ether oxygens (including phenoxy) is 1. The highest BCUT2D eigenvalue weighted by Gasteiger charge is 2.51. The summed E-state index contributed by atoms with van der Waals surface area (Å²) in [6.07, 6.45) is 2.02. The summed E-state index contributed by atoms with van der Waals surface area (Å²) in [6.45, 7) is 3.96. The topological polar surface area (TPSA) is 126 Å². The van der Waals surface area contributed by atoms with Crippen LogP contribution < -0.4 is 15.5 Å². The zero-order valence-corrected chi connectivity index (χ0v) is 21.0. The molecule has 35 heavy (non-hydrogen) atoms. The molecule has 0 spiro atoms. The van der Waals surface area contributed by atoms with Gasteiger partial charge in [-0.2, -0.15) is 0 Å². The zero-order chi connectivity index (χ0) is 24.6. The van der Waals surface area contributed by atoms with Gasteiger partial charge in [-0.1, -0.05) is 0 Å². The Morgan fingerprint density at radius 2 is 2.03 bits per heavy atom. The summed E-state index contributed by atoms with van der Waals surface area (Å²) in [4.78, 5) is 27.4. The van der Waals surface area contributed by atoms with Gasteiger partial charge in [0.1, 0.15) is 5.82 Å². The van der Waals surface area contributed by atoms with Gasteiger partial charge in [-0.3, -0.25) is 0 Å². The van der Waals surface area contributed by atoms with E-state index < -0.39 is 15.1 Å². The lowest BCUT2D eigenvalue weighted by molar-refractivity contribution is 0.0985. The van der Waals surface area contributed by atoms with E-state index in [1.165, 1.54) is 6.20 Å². The van der Waals surface area contributed by atoms with Gasteiger partial charge in [-0.25, -0.2) is 28.2 Å². The number of rotatable bonds is 6. The quantitative estimate of drug-likeness (QED) is 0.514. The molecule has 5 rings (SSSR count). The van der Waals surface area contributed by atoms with Gasteiger partial charge in [0.2, 0.25) is 14.2 Å².